The highest BCUT2D eigenvalue weighted by molar-refractivity contribution is 6.09. The molecule has 3 aromatic carbocycles. The molecule has 3 amide bonds. The van der Waals surface area contributed by atoms with Crippen molar-refractivity contribution >= 4 is 41.1 Å². The molecule has 0 saturated heterocycles. The van der Waals surface area contributed by atoms with Gasteiger partial charge in [-0.1, -0.05) is 48.5 Å². The summed E-state index contributed by atoms with van der Waals surface area (Å²) in [6, 6.07) is 26.5. The average molecular weight is 651 g/mol. The molecule has 1 heterocycles. The second-order valence-electron chi connectivity index (χ2n) is 13.2. The molecule has 48 heavy (non-hydrogen) atoms. The van der Waals surface area contributed by atoms with E-state index in [1.807, 2.05) is 30.3 Å². The Morgan fingerprint density at radius 2 is 1.38 bits per heavy atom. The number of hydrogen-bond donors (Lipinski definition) is 2. The SMILES string of the molecule is CC(=O)c1ccc(-c2ccccc2C(=O)Nc2ccc(N(CCc3cccc(NC(=O)OC(C)(C)C)n3)C(=O)OC(C)(C)C)cc2)cc1. The van der Waals surface area contributed by atoms with Crippen LogP contribution in [0.4, 0.5) is 26.8 Å². The molecule has 0 aliphatic heterocycles. The van der Waals surface area contributed by atoms with Crippen LogP contribution in [0.25, 0.3) is 11.1 Å². The number of ketones is 1. The van der Waals surface area contributed by atoms with E-state index >= 15 is 0 Å². The zero-order chi connectivity index (χ0) is 35.1. The molecular formula is C38H42N4O6. The number of Topliss-reactive ketones (excluding diaryl/α,β-unsaturated/α-hetero) is 1. The summed E-state index contributed by atoms with van der Waals surface area (Å²) in [5.74, 6) is 0.00368. The third-order valence-corrected chi connectivity index (χ3v) is 6.85. The molecule has 0 bridgehead atoms. The van der Waals surface area contributed by atoms with Crippen molar-refractivity contribution in [3.05, 3.63) is 108 Å². The van der Waals surface area contributed by atoms with Crippen LogP contribution in [0, 0.1) is 0 Å². The zero-order valence-corrected chi connectivity index (χ0v) is 28.4. The van der Waals surface area contributed by atoms with E-state index in [-0.39, 0.29) is 18.2 Å². The number of anilines is 3. The number of rotatable bonds is 9. The second-order valence-corrected chi connectivity index (χ2v) is 13.2. The Hall–Kier alpha value is -5.51. The molecule has 10 heteroatoms. The summed E-state index contributed by atoms with van der Waals surface area (Å²) in [6.45, 7) is 12.5. The lowest BCUT2D eigenvalue weighted by Gasteiger charge is -2.27. The van der Waals surface area contributed by atoms with E-state index in [9.17, 15) is 19.2 Å². The van der Waals surface area contributed by atoms with Gasteiger partial charge in [0, 0.05) is 41.2 Å². The Balaban J connectivity index is 1.49. The highest BCUT2D eigenvalue weighted by Gasteiger charge is 2.24. The molecule has 0 aliphatic rings. The van der Waals surface area contributed by atoms with Gasteiger partial charge in [0.25, 0.3) is 5.91 Å². The van der Waals surface area contributed by atoms with E-state index in [1.54, 1.807) is 102 Å². The number of pyridine rings is 1. The van der Waals surface area contributed by atoms with Gasteiger partial charge in [-0.25, -0.2) is 14.6 Å². The third kappa shape index (κ3) is 10.2. The summed E-state index contributed by atoms with van der Waals surface area (Å²) in [7, 11) is 0. The van der Waals surface area contributed by atoms with Gasteiger partial charge in [-0.05, 0) is 102 Å². The van der Waals surface area contributed by atoms with Gasteiger partial charge in [-0.3, -0.25) is 19.8 Å². The number of carbonyl (C=O) groups excluding carboxylic acids is 4. The highest BCUT2D eigenvalue weighted by atomic mass is 16.6. The fraction of sp³-hybridized carbons (Fsp3) is 0.289. The van der Waals surface area contributed by atoms with E-state index in [2.05, 4.69) is 15.6 Å². The van der Waals surface area contributed by atoms with E-state index in [0.717, 1.165) is 11.1 Å². The summed E-state index contributed by atoms with van der Waals surface area (Å²) < 4.78 is 11.0. The quantitative estimate of drug-likeness (QED) is 0.174. The van der Waals surface area contributed by atoms with Crippen LogP contribution in [0.15, 0.2) is 91.0 Å². The van der Waals surface area contributed by atoms with Gasteiger partial charge in [-0.2, -0.15) is 0 Å². The minimum absolute atomic E-state index is 0.0280. The number of carbonyl (C=O) groups is 4. The lowest BCUT2D eigenvalue weighted by Crippen LogP contribution is -2.38. The number of nitrogens with one attached hydrogen (secondary N) is 2. The summed E-state index contributed by atoms with van der Waals surface area (Å²) in [6.07, 6.45) is -0.778. The summed E-state index contributed by atoms with van der Waals surface area (Å²) in [5, 5.41) is 5.58. The fourth-order valence-corrected chi connectivity index (χ4v) is 4.71. The molecule has 0 atom stereocenters. The Kier molecular flexibility index (Phi) is 11.0. The minimum Gasteiger partial charge on any atom is -0.444 e. The smallest absolute Gasteiger partial charge is 0.414 e. The molecule has 4 rings (SSSR count). The van der Waals surface area contributed by atoms with Gasteiger partial charge in [0.1, 0.15) is 17.0 Å². The molecule has 0 fully saturated rings. The Morgan fingerprint density at radius 1 is 0.729 bits per heavy atom. The molecular weight excluding hydrogens is 608 g/mol. The molecule has 0 aliphatic carbocycles. The van der Waals surface area contributed by atoms with E-state index in [4.69, 9.17) is 9.47 Å². The van der Waals surface area contributed by atoms with Gasteiger partial charge >= 0.3 is 12.2 Å². The topological polar surface area (TPSA) is 127 Å². The number of ether oxygens (including phenoxy) is 2. The summed E-state index contributed by atoms with van der Waals surface area (Å²) in [4.78, 5) is 56.7. The van der Waals surface area contributed by atoms with Crippen LogP contribution in [0.2, 0.25) is 0 Å². The number of hydrogen-bond acceptors (Lipinski definition) is 7. The van der Waals surface area contributed by atoms with Gasteiger partial charge in [0.15, 0.2) is 5.78 Å². The first-order chi connectivity index (χ1) is 22.6. The Bertz CT molecular complexity index is 1770. The van der Waals surface area contributed by atoms with Crippen molar-refractivity contribution in [3.63, 3.8) is 0 Å². The van der Waals surface area contributed by atoms with Crippen LogP contribution in [-0.2, 0) is 15.9 Å². The van der Waals surface area contributed by atoms with Gasteiger partial charge in [0.2, 0.25) is 0 Å². The van der Waals surface area contributed by atoms with Crippen molar-refractivity contribution in [1.29, 1.82) is 0 Å². The standard InChI is InChI=1S/C38H42N4O6/c1-25(43)26-15-17-27(18-16-26)31-12-8-9-13-32(31)34(44)40-29-19-21-30(22-20-29)42(36(46)48-38(5,6)7)24-23-28-11-10-14-33(39-28)41-35(45)47-37(2,3)4/h8-22H,23-24H2,1-7H3,(H,40,44)(H,39,41,45). The normalized spacial score (nSPS) is 11.3. The number of nitrogens with zero attached hydrogens (tertiary/aromatic N) is 2. The van der Waals surface area contributed by atoms with Crippen LogP contribution in [-0.4, -0.2) is 46.6 Å². The van der Waals surface area contributed by atoms with Crippen LogP contribution in [0.1, 0.15) is 74.9 Å². The summed E-state index contributed by atoms with van der Waals surface area (Å²) in [5.41, 5.74) is 3.00. The maximum absolute atomic E-state index is 13.4. The van der Waals surface area contributed by atoms with Crippen molar-refractivity contribution in [2.45, 2.75) is 66.1 Å². The molecule has 1 aromatic heterocycles. The summed E-state index contributed by atoms with van der Waals surface area (Å²) >= 11 is 0. The van der Waals surface area contributed by atoms with Crippen molar-refractivity contribution in [3.8, 4) is 11.1 Å². The molecule has 0 saturated carbocycles. The van der Waals surface area contributed by atoms with E-state index < -0.39 is 23.4 Å². The maximum Gasteiger partial charge on any atom is 0.414 e. The third-order valence-electron chi connectivity index (χ3n) is 6.85. The van der Waals surface area contributed by atoms with E-state index in [1.165, 1.54) is 11.8 Å². The van der Waals surface area contributed by atoms with Crippen LogP contribution >= 0.6 is 0 Å². The monoisotopic (exact) mass is 650 g/mol. The molecule has 2 N–H and O–H groups in total. The van der Waals surface area contributed by atoms with Gasteiger partial charge in [0.05, 0.1) is 0 Å². The van der Waals surface area contributed by atoms with Crippen molar-refractivity contribution in [1.82, 2.24) is 4.98 Å². The number of benzene rings is 3. The molecule has 4 aromatic rings. The molecule has 10 nitrogen and oxygen atoms in total. The lowest BCUT2D eigenvalue weighted by atomic mass is 9.97. The predicted octanol–water partition coefficient (Wildman–Crippen LogP) is 8.53. The first kappa shape index (κ1) is 35.3. The van der Waals surface area contributed by atoms with E-state index in [0.29, 0.717) is 40.4 Å². The molecule has 0 spiro atoms. The molecule has 0 unspecified atom stereocenters. The second kappa shape index (κ2) is 14.9. The average Bonchev–Trinajstić information content (AvgIpc) is 3.00. The van der Waals surface area contributed by atoms with Crippen molar-refractivity contribution < 1.29 is 28.7 Å². The highest BCUT2D eigenvalue weighted by Crippen LogP contribution is 2.27. The fourth-order valence-electron chi connectivity index (χ4n) is 4.71. The Labute approximate surface area is 281 Å². The molecule has 0 radical (unpaired) electrons. The van der Waals surface area contributed by atoms with Crippen LogP contribution in [0.3, 0.4) is 0 Å². The lowest BCUT2D eigenvalue weighted by molar-refractivity contribution is 0.0578. The van der Waals surface area contributed by atoms with Crippen molar-refractivity contribution in [2.24, 2.45) is 0 Å². The zero-order valence-electron chi connectivity index (χ0n) is 28.4. The number of aromatic nitrogens is 1. The van der Waals surface area contributed by atoms with Crippen LogP contribution in [0.5, 0.6) is 0 Å². The van der Waals surface area contributed by atoms with Crippen molar-refractivity contribution in [2.75, 3.05) is 22.1 Å². The largest absolute Gasteiger partial charge is 0.444 e. The molecule has 250 valence electrons. The van der Waals surface area contributed by atoms with Gasteiger partial charge in [-0.15, -0.1) is 0 Å². The number of amides is 3. The first-order valence-corrected chi connectivity index (χ1v) is 15.7. The Morgan fingerprint density at radius 3 is 2.00 bits per heavy atom. The van der Waals surface area contributed by atoms with Crippen LogP contribution < -0.4 is 15.5 Å². The minimum atomic E-state index is -0.724. The first-order valence-electron chi connectivity index (χ1n) is 15.7. The predicted molar refractivity (Wildman–Crippen MR) is 188 cm³/mol. The van der Waals surface area contributed by atoms with Gasteiger partial charge < -0.3 is 14.8 Å². The maximum atomic E-state index is 13.4.